The van der Waals surface area contributed by atoms with Gasteiger partial charge in [0.25, 0.3) is 0 Å². The van der Waals surface area contributed by atoms with E-state index in [1.807, 2.05) is 0 Å². The highest BCUT2D eigenvalue weighted by molar-refractivity contribution is 4.31. The van der Waals surface area contributed by atoms with E-state index < -0.39 is 0 Å². The van der Waals surface area contributed by atoms with E-state index in [2.05, 4.69) is 27.7 Å². The predicted octanol–water partition coefficient (Wildman–Crippen LogP) is 2.28. The highest BCUT2D eigenvalue weighted by atomic mass is 19.0. The largest absolute Gasteiger partial charge is 0.512 e. The van der Waals surface area contributed by atoms with Crippen LogP contribution in [-0.2, 0) is 0 Å². The van der Waals surface area contributed by atoms with Crippen molar-refractivity contribution in [1.29, 1.82) is 5.26 Å². The van der Waals surface area contributed by atoms with Crippen LogP contribution in [0.5, 0.6) is 0 Å². The number of hydrogen-bond donors (Lipinski definition) is 0. The second kappa shape index (κ2) is 13.9. The highest BCUT2D eigenvalue weighted by Gasteiger charge is 2.16. The van der Waals surface area contributed by atoms with Crippen molar-refractivity contribution >= 4 is 0 Å². The average molecular weight is 196 g/mol. The van der Waals surface area contributed by atoms with E-state index in [4.69, 9.17) is 11.8 Å². The van der Waals surface area contributed by atoms with Crippen LogP contribution < -0.4 is 0 Å². The number of quaternary nitrogens is 1. The first kappa shape index (κ1) is 22.8. The lowest BCUT2D eigenvalue weighted by Crippen LogP contribution is -2.47. The van der Waals surface area contributed by atoms with E-state index in [1.165, 1.54) is 30.7 Å². The van der Waals surface area contributed by atoms with Gasteiger partial charge < -0.3 is 16.3 Å². The van der Waals surface area contributed by atoms with E-state index in [-0.39, 0.29) is 9.41 Å². The molecule has 0 saturated heterocycles. The topological polar surface area (TPSA) is 23.8 Å². The number of halogens is 2. The summed E-state index contributed by atoms with van der Waals surface area (Å²) >= 11 is 0. The van der Waals surface area contributed by atoms with Gasteiger partial charge in [-0.3, -0.25) is 9.41 Å². The summed E-state index contributed by atoms with van der Waals surface area (Å²) in [6, 6.07) is 0. The summed E-state index contributed by atoms with van der Waals surface area (Å²) in [4.78, 5) is 0. The van der Waals surface area contributed by atoms with Crippen LogP contribution >= 0.6 is 0 Å². The minimum Gasteiger partial charge on any atom is -0.512 e. The third-order valence-corrected chi connectivity index (χ3v) is 2.68. The Kier molecular flexibility index (Phi) is 24.3. The molecule has 0 atom stereocenters. The molecule has 2 nitrogen and oxygen atoms in total. The van der Waals surface area contributed by atoms with Gasteiger partial charge in [0, 0.05) is 0 Å². The molecule has 0 rings (SSSR count). The highest BCUT2D eigenvalue weighted by Crippen LogP contribution is 2.03. The molecule has 0 aromatic rings. The fourth-order valence-electron chi connectivity index (χ4n) is 1.34. The van der Waals surface area contributed by atoms with E-state index in [1.54, 1.807) is 0 Å². The van der Waals surface area contributed by atoms with Gasteiger partial charge in [-0.1, -0.05) is 0 Å². The maximum absolute atomic E-state index is 6.25. The quantitative estimate of drug-likeness (QED) is 0.500. The third-order valence-electron chi connectivity index (χ3n) is 2.68. The Bertz CT molecular complexity index is 83.5. The number of hydrogen-bond acceptors (Lipinski definition) is 1. The van der Waals surface area contributed by atoms with Crippen LogP contribution in [0.25, 0.3) is 0 Å². The lowest BCUT2D eigenvalue weighted by molar-refractivity contribution is -0.921. The van der Waals surface area contributed by atoms with Gasteiger partial charge >= 0.3 is 0 Å². The molecule has 0 spiro atoms. The van der Waals surface area contributed by atoms with Gasteiger partial charge in [0.15, 0.2) is 0 Å². The van der Waals surface area contributed by atoms with Crippen molar-refractivity contribution in [2.75, 3.05) is 26.2 Å². The van der Waals surface area contributed by atoms with E-state index >= 15 is 0 Å². The zero-order chi connectivity index (χ0) is 9.33. The summed E-state index contributed by atoms with van der Waals surface area (Å²) in [5.74, 6) is 0. The molecule has 0 aliphatic carbocycles. The van der Waals surface area contributed by atoms with Crippen molar-refractivity contribution in [3.8, 4) is 0 Å². The summed E-state index contributed by atoms with van der Waals surface area (Å²) in [6.07, 6.45) is 0. The molecule has 0 aliphatic rings. The standard InChI is InChI=1S/C8H20N.CN.2FH/c1-5-9(6-2,7-3)8-4;1-2;;/h5-8H2,1-4H3;;2*1H/q+1;-1;;. The monoisotopic (exact) mass is 196 g/mol. The first-order valence-electron chi connectivity index (χ1n) is 4.32. The zero-order valence-electron chi connectivity index (χ0n) is 9.04. The molecule has 0 aromatic heterocycles. The Morgan fingerprint density at radius 3 is 0.923 bits per heavy atom. The average Bonchev–Trinajstić information content (AvgIpc) is 2.13. The van der Waals surface area contributed by atoms with E-state index in [0.717, 1.165) is 0 Å². The van der Waals surface area contributed by atoms with Gasteiger partial charge in [-0.05, 0) is 27.7 Å². The Morgan fingerprint density at radius 2 is 0.923 bits per heavy atom. The van der Waals surface area contributed by atoms with Crippen LogP contribution in [0, 0.1) is 11.8 Å². The lowest BCUT2D eigenvalue weighted by Gasteiger charge is -2.34. The predicted molar refractivity (Wildman–Crippen MR) is 52.4 cm³/mol. The Morgan fingerprint density at radius 1 is 0.769 bits per heavy atom. The van der Waals surface area contributed by atoms with Crippen LogP contribution in [0.4, 0.5) is 9.41 Å². The minimum atomic E-state index is 0. The first-order valence-corrected chi connectivity index (χ1v) is 4.32. The van der Waals surface area contributed by atoms with E-state index in [0.29, 0.717) is 0 Å². The van der Waals surface area contributed by atoms with Gasteiger partial charge in [0.2, 0.25) is 0 Å². The molecule has 13 heavy (non-hydrogen) atoms. The molecule has 0 N–H and O–H groups in total. The number of nitrogens with zero attached hydrogens (tertiary/aromatic N) is 2. The van der Waals surface area contributed by atoms with Crippen molar-refractivity contribution < 1.29 is 13.9 Å². The van der Waals surface area contributed by atoms with Gasteiger partial charge in [0.05, 0.1) is 26.2 Å². The third kappa shape index (κ3) is 7.66. The first-order chi connectivity index (χ1) is 5.24. The van der Waals surface area contributed by atoms with Crippen LogP contribution in [0.15, 0.2) is 0 Å². The Balaban J connectivity index is -0.0000000941. The zero-order valence-corrected chi connectivity index (χ0v) is 9.04. The molecule has 0 heterocycles. The molecule has 0 amide bonds. The molecular formula is C9H22F2N2. The second-order valence-electron chi connectivity index (χ2n) is 2.61. The SMILES string of the molecule is CC[N+](CC)(CC)CC.F.F.[C-]#N. The molecule has 0 aliphatic heterocycles. The molecule has 0 bridgehead atoms. The van der Waals surface area contributed by atoms with Gasteiger partial charge in [-0.2, -0.15) is 0 Å². The maximum Gasteiger partial charge on any atom is 0.0757 e. The summed E-state index contributed by atoms with van der Waals surface area (Å²) in [7, 11) is 0. The molecule has 0 aromatic carbocycles. The van der Waals surface area contributed by atoms with Crippen LogP contribution in [0.3, 0.4) is 0 Å². The molecule has 0 radical (unpaired) electrons. The molecule has 4 heteroatoms. The van der Waals surface area contributed by atoms with Crippen molar-refractivity contribution in [2.24, 2.45) is 0 Å². The fourth-order valence-corrected chi connectivity index (χ4v) is 1.34. The van der Waals surface area contributed by atoms with Crippen LogP contribution in [-0.4, -0.2) is 30.7 Å². The minimum absolute atomic E-state index is 0. The molecule has 82 valence electrons. The maximum atomic E-state index is 6.25. The van der Waals surface area contributed by atoms with Crippen molar-refractivity contribution in [3.63, 3.8) is 0 Å². The normalized spacial score (nSPS) is 8.46. The summed E-state index contributed by atoms with van der Waals surface area (Å²) in [5, 5.41) is 6.25. The molecule has 0 fully saturated rings. The summed E-state index contributed by atoms with van der Waals surface area (Å²) < 4.78 is 1.28. The molecular weight excluding hydrogens is 174 g/mol. The Labute approximate surface area is 80.5 Å². The summed E-state index contributed by atoms with van der Waals surface area (Å²) in [6.45, 7) is 19.0. The number of rotatable bonds is 4. The smallest absolute Gasteiger partial charge is 0.0757 e. The van der Waals surface area contributed by atoms with Crippen molar-refractivity contribution in [3.05, 3.63) is 6.57 Å². The fraction of sp³-hybridized carbons (Fsp3) is 0.889. The van der Waals surface area contributed by atoms with Gasteiger partial charge in [0.1, 0.15) is 0 Å². The van der Waals surface area contributed by atoms with Crippen LogP contribution in [0.1, 0.15) is 27.7 Å². The van der Waals surface area contributed by atoms with Crippen LogP contribution in [0.2, 0.25) is 0 Å². The lowest BCUT2D eigenvalue weighted by atomic mass is 10.3. The molecule has 0 unspecified atom stereocenters. The van der Waals surface area contributed by atoms with E-state index in [9.17, 15) is 0 Å². The second-order valence-corrected chi connectivity index (χ2v) is 2.61. The van der Waals surface area contributed by atoms with Gasteiger partial charge in [-0.25, -0.2) is 0 Å². The Hall–Kier alpha value is -0.690. The molecule has 0 saturated carbocycles. The summed E-state index contributed by atoms with van der Waals surface area (Å²) in [5.41, 5.74) is 0. The van der Waals surface area contributed by atoms with Crippen molar-refractivity contribution in [1.82, 2.24) is 0 Å². The van der Waals surface area contributed by atoms with Gasteiger partial charge in [-0.15, -0.1) is 0 Å². The van der Waals surface area contributed by atoms with Crippen molar-refractivity contribution in [2.45, 2.75) is 27.7 Å².